The van der Waals surface area contributed by atoms with Gasteiger partial charge in [0.05, 0.1) is 0 Å². The first-order valence-corrected chi connectivity index (χ1v) is 7.34. The van der Waals surface area contributed by atoms with E-state index in [9.17, 15) is 4.79 Å². The fourth-order valence-electron chi connectivity index (χ4n) is 1.61. The van der Waals surface area contributed by atoms with Crippen LogP contribution in [0.5, 0.6) is 5.75 Å². The molecule has 5 heteroatoms. The third-order valence-corrected chi connectivity index (χ3v) is 3.07. The second-order valence-electron chi connectivity index (χ2n) is 4.55. The number of esters is 1. The van der Waals surface area contributed by atoms with Gasteiger partial charge in [-0.25, -0.2) is 9.78 Å². The molecule has 0 bridgehead atoms. The van der Waals surface area contributed by atoms with Crippen LogP contribution in [0.15, 0.2) is 42.5 Å². The summed E-state index contributed by atoms with van der Waals surface area (Å²) in [6.45, 7) is 4.02. The van der Waals surface area contributed by atoms with Crippen molar-refractivity contribution in [2.24, 2.45) is 0 Å². The molecule has 0 saturated heterocycles. The monoisotopic (exact) mass is 382 g/mol. The molecule has 1 N–H and O–H groups in total. The first kappa shape index (κ1) is 14.8. The Morgan fingerprint density at radius 3 is 2.70 bits per heavy atom. The van der Waals surface area contributed by atoms with Crippen LogP contribution in [0.25, 0.3) is 0 Å². The van der Waals surface area contributed by atoms with Crippen LogP contribution in [0.3, 0.4) is 0 Å². The number of hydrogen-bond donors (Lipinski definition) is 1. The van der Waals surface area contributed by atoms with E-state index in [0.29, 0.717) is 11.6 Å². The molecule has 0 aliphatic heterocycles. The molecule has 0 atom stereocenters. The third kappa shape index (κ3) is 4.19. The van der Waals surface area contributed by atoms with Gasteiger partial charge in [-0.2, -0.15) is 0 Å². The van der Waals surface area contributed by atoms with Crippen molar-refractivity contribution in [2.75, 3.05) is 5.32 Å². The predicted octanol–water partition coefficient (Wildman–Crippen LogP) is 3.73. The summed E-state index contributed by atoms with van der Waals surface area (Å²) < 4.78 is 6.32. The van der Waals surface area contributed by atoms with Crippen molar-refractivity contribution in [3.8, 4) is 5.75 Å². The Morgan fingerprint density at radius 1 is 1.25 bits per heavy atom. The van der Waals surface area contributed by atoms with Gasteiger partial charge in [0.25, 0.3) is 0 Å². The lowest BCUT2D eigenvalue weighted by Gasteiger charge is -2.10. The molecule has 0 saturated carbocycles. The highest BCUT2D eigenvalue weighted by Gasteiger charge is 2.11. The van der Waals surface area contributed by atoms with Crippen LogP contribution in [-0.4, -0.2) is 17.0 Å². The number of pyridine rings is 1. The molecule has 0 amide bonds. The van der Waals surface area contributed by atoms with Gasteiger partial charge in [0.15, 0.2) is 5.69 Å². The van der Waals surface area contributed by atoms with Crippen LogP contribution in [0.2, 0.25) is 0 Å². The van der Waals surface area contributed by atoms with E-state index in [2.05, 4.69) is 32.9 Å². The Balaban J connectivity index is 2.13. The maximum atomic E-state index is 12.0. The molecule has 1 aromatic carbocycles. The zero-order valence-corrected chi connectivity index (χ0v) is 13.4. The van der Waals surface area contributed by atoms with E-state index in [1.165, 1.54) is 0 Å². The molecular weight excluding hydrogens is 367 g/mol. The van der Waals surface area contributed by atoms with E-state index in [0.717, 1.165) is 3.57 Å². The summed E-state index contributed by atoms with van der Waals surface area (Å²) >= 11 is 2.17. The number of ether oxygens (including phenoxy) is 1. The topological polar surface area (TPSA) is 51.2 Å². The van der Waals surface area contributed by atoms with Crippen LogP contribution < -0.4 is 10.1 Å². The van der Waals surface area contributed by atoms with Crippen molar-refractivity contribution in [3.05, 3.63) is 51.7 Å². The van der Waals surface area contributed by atoms with Crippen molar-refractivity contribution in [1.29, 1.82) is 0 Å². The smallest absolute Gasteiger partial charge is 0.362 e. The molecule has 0 unspecified atom stereocenters. The first-order valence-electron chi connectivity index (χ1n) is 6.26. The van der Waals surface area contributed by atoms with Gasteiger partial charge in [-0.3, -0.25) is 0 Å². The van der Waals surface area contributed by atoms with Gasteiger partial charge in [-0.15, -0.1) is 0 Å². The van der Waals surface area contributed by atoms with Gasteiger partial charge in [-0.05, 0) is 66.8 Å². The molecule has 4 nitrogen and oxygen atoms in total. The number of carbonyl (C=O) groups is 1. The Hall–Kier alpha value is -1.63. The van der Waals surface area contributed by atoms with Crippen molar-refractivity contribution in [2.45, 2.75) is 19.9 Å². The maximum Gasteiger partial charge on any atom is 0.362 e. The van der Waals surface area contributed by atoms with Crippen molar-refractivity contribution < 1.29 is 9.53 Å². The number of carbonyl (C=O) groups excluding carboxylic acids is 1. The quantitative estimate of drug-likeness (QED) is 0.498. The summed E-state index contributed by atoms with van der Waals surface area (Å²) in [5.41, 5.74) is 0.287. The first-order chi connectivity index (χ1) is 9.54. The standard InChI is InChI=1S/C15H15IN2O2/c1-10(2)17-14-8-4-7-13(18-14)15(19)20-12-6-3-5-11(16)9-12/h3-10H,1-2H3,(H,17,18). The summed E-state index contributed by atoms with van der Waals surface area (Å²) in [7, 11) is 0. The SMILES string of the molecule is CC(C)Nc1cccc(C(=O)Oc2cccc(I)c2)n1. The highest BCUT2D eigenvalue weighted by Crippen LogP contribution is 2.16. The molecule has 2 rings (SSSR count). The minimum Gasteiger partial charge on any atom is -0.422 e. The minimum absolute atomic E-state index is 0.254. The van der Waals surface area contributed by atoms with Crippen molar-refractivity contribution in [1.82, 2.24) is 4.98 Å². The minimum atomic E-state index is -0.459. The van der Waals surface area contributed by atoms with Gasteiger partial charge < -0.3 is 10.1 Å². The molecule has 0 spiro atoms. The zero-order chi connectivity index (χ0) is 14.5. The van der Waals surface area contributed by atoms with E-state index >= 15 is 0 Å². The van der Waals surface area contributed by atoms with Gasteiger partial charge in [0.2, 0.25) is 0 Å². The number of halogens is 1. The normalized spacial score (nSPS) is 10.4. The van der Waals surface area contributed by atoms with Crippen LogP contribution >= 0.6 is 22.6 Å². The second kappa shape index (κ2) is 6.69. The molecule has 1 heterocycles. The van der Waals surface area contributed by atoms with Crippen LogP contribution in [0, 0.1) is 3.57 Å². The highest BCUT2D eigenvalue weighted by atomic mass is 127. The van der Waals surface area contributed by atoms with Crippen LogP contribution in [-0.2, 0) is 0 Å². The van der Waals surface area contributed by atoms with E-state index in [4.69, 9.17) is 4.74 Å². The Labute approximate surface area is 131 Å². The number of rotatable bonds is 4. The lowest BCUT2D eigenvalue weighted by molar-refractivity contribution is 0.0728. The summed E-state index contributed by atoms with van der Waals surface area (Å²) in [6, 6.07) is 12.8. The zero-order valence-electron chi connectivity index (χ0n) is 11.3. The molecule has 0 aliphatic rings. The molecule has 0 radical (unpaired) electrons. The summed E-state index contributed by atoms with van der Waals surface area (Å²) in [5, 5.41) is 3.15. The van der Waals surface area contributed by atoms with Crippen molar-refractivity contribution >= 4 is 34.4 Å². The van der Waals surface area contributed by atoms with Crippen LogP contribution in [0.4, 0.5) is 5.82 Å². The number of anilines is 1. The summed E-state index contributed by atoms with van der Waals surface area (Å²) in [5.74, 6) is 0.724. The number of nitrogens with one attached hydrogen (secondary N) is 1. The molecule has 0 aliphatic carbocycles. The molecule has 1 aromatic heterocycles. The molecule has 20 heavy (non-hydrogen) atoms. The Kier molecular flexibility index (Phi) is 4.94. The van der Waals surface area contributed by atoms with Gasteiger partial charge >= 0.3 is 5.97 Å². The second-order valence-corrected chi connectivity index (χ2v) is 5.80. The van der Waals surface area contributed by atoms with E-state index in [1.807, 2.05) is 32.0 Å². The Morgan fingerprint density at radius 2 is 2.00 bits per heavy atom. The number of aromatic nitrogens is 1. The van der Waals surface area contributed by atoms with Crippen molar-refractivity contribution in [3.63, 3.8) is 0 Å². The van der Waals surface area contributed by atoms with E-state index < -0.39 is 5.97 Å². The fourth-order valence-corrected chi connectivity index (χ4v) is 2.13. The Bertz CT molecular complexity index is 614. The maximum absolute atomic E-state index is 12.0. The molecule has 0 fully saturated rings. The van der Waals surface area contributed by atoms with Gasteiger partial charge in [0, 0.05) is 9.61 Å². The number of nitrogens with zero attached hydrogens (tertiary/aromatic N) is 1. The van der Waals surface area contributed by atoms with Gasteiger partial charge in [-0.1, -0.05) is 12.1 Å². The summed E-state index contributed by atoms with van der Waals surface area (Å²) in [6.07, 6.45) is 0. The fraction of sp³-hybridized carbons (Fsp3) is 0.200. The third-order valence-electron chi connectivity index (χ3n) is 2.40. The number of benzene rings is 1. The lowest BCUT2D eigenvalue weighted by Crippen LogP contribution is -2.15. The van der Waals surface area contributed by atoms with Gasteiger partial charge in [0.1, 0.15) is 11.6 Å². The lowest BCUT2D eigenvalue weighted by atomic mass is 10.3. The number of hydrogen-bond acceptors (Lipinski definition) is 4. The van der Waals surface area contributed by atoms with E-state index in [1.54, 1.807) is 24.3 Å². The average molecular weight is 382 g/mol. The summed E-state index contributed by atoms with van der Waals surface area (Å²) in [4.78, 5) is 16.3. The molecule has 104 valence electrons. The average Bonchev–Trinajstić information content (AvgIpc) is 2.38. The predicted molar refractivity (Wildman–Crippen MR) is 87.1 cm³/mol. The highest BCUT2D eigenvalue weighted by molar-refractivity contribution is 14.1. The largest absolute Gasteiger partial charge is 0.422 e. The van der Waals surface area contributed by atoms with Crippen LogP contribution in [0.1, 0.15) is 24.3 Å². The molecular formula is C15H15IN2O2. The molecule has 2 aromatic rings. The van der Waals surface area contributed by atoms with E-state index in [-0.39, 0.29) is 11.7 Å².